The SMILES string of the molecule is Cc1c(C(C)(C)C)c2c3ccccc3oc2c2c3ccccc3n(-c3cc(C(C)(C)C)cc[n+]3C)c12. The summed E-state index contributed by atoms with van der Waals surface area (Å²) in [6.07, 6.45) is 2.19. The lowest BCUT2D eigenvalue weighted by Crippen LogP contribution is -2.34. The molecule has 6 aromatic rings. The van der Waals surface area contributed by atoms with Gasteiger partial charge in [-0.05, 0) is 53.1 Å². The summed E-state index contributed by atoms with van der Waals surface area (Å²) in [7, 11) is 2.14. The first kappa shape index (κ1) is 22.8. The van der Waals surface area contributed by atoms with Gasteiger partial charge in [-0.1, -0.05) is 71.9 Å². The molecule has 3 aromatic heterocycles. The molecule has 0 unspecified atom stereocenters. The van der Waals surface area contributed by atoms with Crippen molar-refractivity contribution < 1.29 is 8.98 Å². The molecule has 0 atom stereocenters. The molecule has 0 bridgehead atoms. The van der Waals surface area contributed by atoms with Crippen LogP contribution < -0.4 is 4.57 Å². The Kier molecular flexibility index (Phi) is 4.73. The Hall–Kier alpha value is -3.59. The Labute approximate surface area is 213 Å². The van der Waals surface area contributed by atoms with Gasteiger partial charge in [-0.2, -0.15) is 4.57 Å². The highest BCUT2D eigenvalue weighted by molar-refractivity contribution is 6.26. The van der Waals surface area contributed by atoms with Gasteiger partial charge in [0, 0.05) is 27.8 Å². The molecule has 3 nitrogen and oxygen atoms in total. The predicted molar refractivity (Wildman–Crippen MR) is 151 cm³/mol. The number of fused-ring (bicyclic) bond motifs is 7. The van der Waals surface area contributed by atoms with Crippen molar-refractivity contribution in [1.82, 2.24) is 4.57 Å². The molecule has 0 saturated heterocycles. The number of aryl methyl sites for hydroxylation is 2. The summed E-state index contributed by atoms with van der Waals surface area (Å²) in [5.41, 5.74) is 8.36. The number of pyridine rings is 1. The lowest BCUT2D eigenvalue weighted by Gasteiger charge is -2.23. The van der Waals surface area contributed by atoms with Gasteiger partial charge < -0.3 is 4.42 Å². The number of aromatic nitrogens is 2. The monoisotopic (exact) mass is 475 g/mol. The zero-order valence-electron chi connectivity index (χ0n) is 22.7. The number of hydrogen-bond acceptors (Lipinski definition) is 1. The lowest BCUT2D eigenvalue weighted by atomic mass is 9.80. The number of hydrogen-bond donors (Lipinski definition) is 0. The maximum absolute atomic E-state index is 6.70. The molecular weight excluding hydrogens is 440 g/mol. The first-order valence-electron chi connectivity index (χ1n) is 12.9. The molecule has 0 aliphatic carbocycles. The van der Waals surface area contributed by atoms with Crippen LogP contribution >= 0.6 is 0 Å². The molecule has 0 saturated carbocycles. The van der Waals surface area contributed by atoms with Gasteiger partial charge in [0.1, 0.15) is 22.2 Å². The minimum atomic E-state index is -0.0557. The molecule has 0 amide bonds. The van der Waals surface area contributed by atoms with Crippen LogP contribution in [-0.2, 0) is 17.9 Å². The van der Waals surface area contributed by atoms with E-state index in [1.165, 1.54) is 49.3 Å². The summed E-state index contributed by atoms with van der Waals surface area (Å²) in [4.78, 5) is 0. The van der Waals surface area contributed by atoms with E-state index in [2.05, 4.69) is 132 Å². The van der Waals surface area contributed by atoms with Crippen LogP contribution in [0.5, 0.6) is 0 Å². The van der Waals surface area contributed by atoms with Gasteiger partial charge in [0.15, 0.2) is 0 Å². The molecule has 0 fully saturated rings. The maximum atomic E-state index is 6.70. The second kappa shape index (κ2) is 7.46. The van der Waals surface area contributed by atoms with E-state index in [0.717, 1.165) is 17.0 Å². The molecule has 0 aliphatic rings. The second-order valence-corrected chi connectivity index (χ2v) is 12.3. The molecule has 3 heterocycles. The van der Waals surface area contributed by atoms with E-state index in [4.69, 9.17) is 4.42 Å². The zero-order chi connectivity index (χ0) is 25.6. The number of benzene rings is 3. The average molecular weight is 476 g/mol. The average Bonchev–Trinajstić information content (AvgIpc) is 3.34. The normalized spacial score (nSPS) is 13.0. The van der Waals surface area contributed by atoms with Crippen LogP contribution in [0.4, 0.5) is 0 Å². The third-order valence-electron chi connectivity index (χ3n) is 7.65. The van der Waals surface area contributed by atoms with Crippen molar-refractivity contribution in [2.75, 3.05) is 0 Å². The number of furan rings is 1. The van der Waals surface area contributed by atoms with Crippen molar-refractivity contribution in [3.05, 3.63) is 83.6 Å². The Morgan fingerprint density at radius 3 is 2.14 bits per heavy atom. The minimum absolute atomic E-state index is 0.0549. The summed E-state index contributed by atoms with van der Waals surface area (Å²) >= 11 is 0. The van der Waals surface area contributed by atoms with Crippen molar-refractivity contribution in [2.24, 2.45) is 7.05 Å². The summed E-state index contributed by atoms with van der Waals surface area (Å²) in [6, 6.07) is 21.8. The van der Waals surface area contributed by atoms with Crippen molar-refractivity contribution in [1.29, 1.82) is 0 Å². The summed E-state index contributed by atoms with van der Waals surface area (Å²) in [6.45, 7) is 16.1. The fourth-order valence-electron chi connectivity index (χ4n) is 6.02. The van der Waals surface area contributed by atoms with E-state index in [0.29, 0.717) is 0 Å². The van der Waals surface area contributed by atoms with E-state index in [-0.39, 0.29) is 10.8 Å². The molecule has 182 valence electrons. The maximum Gasteiger partial charge on any atom is 0.287 e. The van der Waals surface area contributed by atoms with Crippen LogP contribution in [0.1, 0.15) is 58.2 Å². The van der Waals surface area contributed by atoms with Crippen LogP contribution in [0.2, 0.25) is 0 Å². The van der Waals surface area contributed by atoms with E-state index >= 15 is 0 Å². The van der Waals surface area contributed by atoms with Gasteiger partial charge in [-0.3, -0.25) is 0 Å². The summed E-state index contributed by atoms with van der Waals surface area (Å²) < 4.78 is 11.4. The van der Waals surface area contributed by atoms with Crippen LogP contribution in [0.15, 0.2) is 71.3 Å². The van der Waals surface area contributed by atoms with Crippen molar-refractivity contribution in [3.63, 3.8) is 0 Å². The summed E-state index contributed by atoms with van der Waals surface area (Å²) in [5, 5.41) is 4.86. The standard InChI is InChI=1S/C33H35N2O/c1-20-29(33(5,6)7)27-23-14-10-12-16-25(23)36-31(27)28-22-13-9-11-15-24(22)35(30(20)28)26-19-21(32(2,3)4)17-18-34(26)8/h9-19H,1-8H3/q+1. The highest BCUT2D eigenvalue weighted by Crippen LogP contribution is 2.47. The van der Waals surface area contributed by atoms with Gasteiger partial charge in [-0.15, -0.1) is 0 Å². The molecule has 36 heavy (non-hydrogen) atoms. The molecule has 0 aliphatic heterocycles. The van der Waals surface area contributed by atoms with Crippen LogP contribution in [-0.4, -0.2) is 4.57 Å². The van der Waals surface area contributed by atoms with Crippen molar-refractivity contribution in [3.8, 4) is 5.82 Å². The molecule has 3 heteroatoms. The molecule has 0 radical (unpaired) electrons. The Balaban J connectivity index is 1.92. The summed E-state index contributed by atoms with van der Waals surface area (Å²) in [5.74, 6) is 1.16. The minimum Gasteiger partial charge on any atom is -0.455 e. The quantitative estimate of drug-likeness (QED) is 0.219. The van der Waals surface area contributed by atoms with Crippen LogP contribution in [0.3, 0.4) is 0 Å². The lowest BCUT2D eigenvalue weighted by molar-refractivity contribution is -0.665. The van der Waals surface area contributed by atoms with E-state index < -0.39 is 0 Å². The number of nitrogens with zero attached hydrogens (tertiary/aromatic N) is 2. The van der Waals surface area contributed by atoms with Gasteiger partial charge >= 0.3 is 0 Å². The Bertz CT molecular complexity index is 1820. The highest BCUT2D eigenvalue weighted by Gasteiger charge is 2.32. The third kappa shape index (κ3) is 3.15. The fraction of sp³-hybridized carbons (Fsp3) is 0.303. The molecule has 0 N–H and O–H groups in total. The number of rotatable bonds is 1. The van der Waals surface area contributed by atoms with Gasteiger partial charge in [0.2, 0.25) is 0 Å². The van der Waals surface area contributed by atoms with Crippen molar-refractivity contribution in [2.45, 2.75) is 59.3 Å². The van der Waals surface area contributed by atoms with E-state index in [1.807, 2.05) is 0 Å². The van der Waals surface area contributed by atoms with Crippen LogP contribution in [0.25, 0.3) is 49.6 Å². The third-order valence-corrected chi connectivity index (χ3v) is 7.65. The van der Waals surface area contributed by atoms with Gasteiger partial charge in [0.25, 0.3) is 5.82 Å². The second-order valence-electron chi connectivity index (χ2n) is 12.3. The number of para-hydroxylation sites is 2. The highest BCUT2D eigenvalue weighted by atomic mass is 16.3. The predicted octanol–water partition coefficient (Wildman–Crippen LogP) is 8.41. The first-order chi connectivity index (χ1) is 17.0. The van der Waals surface area contributed by atoms with Crippen LogP contribution in [0, 0.1) is 6.92 Å². The van der Waals surface area contributed by atoms with Crippen molar-refractivity contribution >= 4 is 43.7 Å². The smallest absolute Gasteiger partial charge is 0.287 e. The largest absolute Gasteiger partial charge is 0.455 e. The van der Waals surface area contributed by atoms with E-state index in [9.17, 15) is 0 Å². The van der Waals surface area contributed by atoms with Gasteiger partial charge in [0.05, 0.1) is 18.6 Å². The topological polar surface area (TPSA) is 21.9 Å². The molecular formula is C33H35N2O+. The Morgan fingerprint density at radius 1 is 0.778 bits per heavy atom. The first-order valence-corrected chi connectivity index (χ1v) is 12.9. The molecule has 6 rings (SSSR count). The Morgan fingerprint density at radius 2 is 1.44 bits per heavy atom. The zero-order valence-corrected chi connectivity index (χ0v) is 22.7. The molecule has 3 aromatic carbocycles. The van der Waals surface area contributed by atoms with E-state index in [1.54, 1.807) is 0 Å². The van der Waals surface area contributed by atoms with Gasteiger partial charge in [-0.25, -0.2) is 4.57 Å². The fourth-order valence-corrected chi connectivity index (χ4v) is 6.02. The molecule has 0 spiro atoms.